The highest BCUT2D eigenvalue weighted by Crippen LogP contribution is 2.15. The molecule has 6 heteroatoms. The third-order valence-corrected chi connectivity index (χ3v) is 4.46. The molecule has 0 saturated heterocycles. The Labute approximate surface area is 128 Å². The van der Waals surface area contributed by atoms with Crippen molar-refractivity contribution in [2.75, 3.05) is 12.9 Å². The van der Waals surface area contributed by atoms with Gasteiger partial charge in [-0.1, -0.05) is 12.1 Å². The molecule has 21 heavy (non-hydrogen) atoms. The predicted molar refractivity (Wildman–Crippen MR) is 84.9 cm³/mol. The molecule has 0 bridgehead atoms. The topological polar surface area (TPSA) is 67.2 Å². The average molecular weight is 305 g/mol. The molecule has 2 atom stereocenters. The fourth-order valence-corrected chi connectivity index (χ4v) is 2.72. The maximum atomic E-state index is 12.5. The van der Waals surface area contributed by atoms with Crippen molar-refractivity contribution in [1.82, 2.24) is 15.1 Å². The molecule has 0 aliphatic rings. The van der Waals surface area contributed by atoms with Gasteiger partial charge < -0.3 is 10.4 Å². The summed E-state index contributed by atoms with van der Waals surface area (Å²) in [6, 6.07) is 9.01. The fraction of sp³-hybridized carbons (Fsp3) is 0.333. The van der Waals surface area contributed by atoms with Crippen LogP contribution in [0.1, 0.15) is 17.3 Å². The first kappa shape index (κ1) is 15.6. The fourth-order valence-electron chi connectivity index (χ4n) is 2.09. The molecule has 1 amide bonds. The molecule has 0 saturated carbocycles. The van der Waals surface area contributed by atoms with E-state index in [1.54, 1.807) is 23.1 Å². The van der Waals surface area contributed by atoms with Gasteiger partial charge in [0.2, 0.25) is 0 Å². The number of nitrogens with one attached hydrogen (secondary N) is 1. The van der Waals surface area contributed by atoms with Crippen molar-refractivity contribution in [3.8, 4) is 5.69 Å². The third-order valence-electron chi connectivity index (χ3n) is 3.30. The molecule has 0 aliphatic carbocycles. The smallest absolute Gasteiger partial charge is 0.253 e. The van der Waals surface area contributed by atoms with Gasteiger partial charge in [0, 0.05) is 23.7 Å². The number of rotatable bonds is 6. The predicted octanol–water partition coefficient (Wildman–Crippen LogP) is 1.71. The van der Waals surface area contributed by atoms with Gasteiger partial charge in [-0.3, -0.25) is 4.79 Å². The molecule has 5 nitrogen and oxygen atoms in total. The van der Waals surface area contributed by atoms with Crippen molar-refractivity contribution >= 4 is 17.7 Å². The van der Waals surface area contributed by atoms with Gasteiger partial charge in [-0.15, -0.1) is 0 Å². The molecule has 1 aromatic heterocycles. The molecule has 2 aromatic rings. The number of aliphatic hydroxyl groups excluding tert-OH is 1. The van der Waals surface area contributed by atoms with Crippen LogP contribution < -0.4 is 5.32 Å². The average Bonchev–Trinajstić information content (AvgIpc) is 3.02. The van der Waals surface area contributed by atoms with E-state index >= 15 is 0 Å². The van der Waals surface area contributed by atoms with E-state index in [9.17, 15) is 9.90 Å². The number of carbonyl (C=O) groups excluding carboxylic acids is 1. The van der Waals surface area contributed by atoms with Crippen molar-refractivity contribution < 1.29 is 9.90 Å². The van der Waals surface area contributed by atoms with E-state index in [4.69, 9.17) is 0 Å². The lowest BCUT2D eigenvalue weighted by atomic mass is 10.1. The van der Waals surface area contributed by atoms with Crippen LogP contribution in [-0.4, -0.2) is 44.9 Å². The van der Waals surface area contributed by atoms with Crippen LogP contribution in [0.5, 0.6) is 0 Å². The Morgan fingerprint density at radius 2 is 2.19 bits per heavy atom. The summed E-state index contributed by atoms with van der Waals surface area (Å²) in [7, 11) is 0. The Hall–Kier alpha value is -1.79. The summed E-state index contributed by atoms with van der Waals surface area (Å²) < 4.78 is 1.66. The molecule has 0 radical (unpaired) electrons. The van der Waals surface area contributed by atoms with Crippen LogP contribution in [0.2, 0.25) is 0 Å². The summed E-state index contributed by atoms with van der Waals surface area (Å²) in [6.45, 7) is 1.93. The number of carbonyl (C=O) groups is 1. The molecule has 0 fully saturated rings. The number of nitrogens with zero attached hydrogens (tertiary/aromatic N) is 2. The largest absolute Gasteiger partial charge is 0.395 e. The lowest BCUT2D eigenvalue weighted by Gasteiger charge is -2.22. The number of para-hydroxylation sites is 1. The second-order valence-corrected chi connectivity index (χ2v) is 5.76. The molecule has 2 N–H and O–H groups in total. The summed E-state index contributed by atoms with van der Waals surface area (Å²) in [6.07, 6.45) is 5.39. The maximum Gasteiger partial charge on any atom is 0.253 e. The molecule has 2 rings (SSSR count). The quantitative estimate of drug-likeness (QED) is 0.852. The van der Waals surface area contributed by atoms with Crippen LogP contribution in [-0.2, 0) is 0 Å². The molecular weight excluding hydrogens is 286 g/mol. The maximum absolute atomic E-state index is 12.5. The van der Waals surface area contributed by atoms with E-state index in [0.29, 0.717) is 5.56 Å². The highest BCUT2D eigenvalue weighted by Gasteiger charge is 2.20. The highest BCUT2D eigenvalue weighted by atomic mass is 32.2. The summed E-state index contributed by atoms with van der Waals surface area (Å²) >= 11 is 1.53. The second-order valence-electron chi connectivity index (χ2n) is 4.69. The van der Waals surface area contributed by atoms with Crippen LogP contribution >= 0.6 is 11.8 Å². The third kappa shape index (κ3) is 3.65. The summed E-state index contributed by atoms with van der Waals surface area (Å²) in [4.78, 5) is 12.5. The van der Waals surface area contributed by atoms with Crippen LogP contribution in [0.15, 0.2) is 42.7 Å². The minimum atomic E-state index is -0.166. The second kappa shape index (κ2) is 7.28. The Morgan fingerprint density at radius 1 is 1.43 bits per heavy atom. The Balaban J connectivity index is 2.20. The number of hydrogen-bond donors (Lipinski definition) is 2. The zero-order valence-electron chi connectivity index (χ0n) is 12.1. The van der Waals surface area contributed by atoms with Crippen molar-refractivity contribution in [2.45, 2.75) is 18.2 Å². The van der Waals surface area contributed by atoms with Crippen LogP contribution in [0.4, 0.5) is 0 Å². The van der Waals surface area contributed by atoms with Gasteiger partial charge in [-0.05, 0) is 31.4 Å². The van der Waals surface area contributed by atoms with Gasteiger partial charge in [0.15, 0.2) is 0 Å². The standard InChI is InChI=1S/C15H19N3O2S/c1-11(14(10-19)21-2)17-15(20)12-6-3-4-7-13(12)18-9-5-8-16-18/h3-9,11,14,19H,10H2,1-2H3,(H,17,20). The summed E-state index contributed by atoms with van der Waals surface area (Å²) in [5.74, 6) is -0.166. The van der Waals surface area contributed by atoms with E-state index in [-0.39, 0.29) is 23.8 Å². The first-order chi connectivity index (χ1) is 10.2. The van der Waals surface area contributed by atoms with Gasteiger partial charge in [0.25, 0.3) is 5.91 Å². The SMILES string of the molecule is CSC(CO)C(C)NC(=O)c1ccccc1-n1cccn1. The van der Waals surface area contributed by atoms with Crippen molar-refractivity contribution in [1.29, 1.82) is 0 Å². The van der Waals surface area contributed by atoms with E-state index in [0.717, 1.165) is 5.69 Å². The zero-order chi connectivity index (χ0) is 15.2. The van der Waals surface area contributed by atoms with Crippen LogP contribution in [0.25, 0.3) is 5.69 Å². The summed E-state index contributed by atoms with van der Waals surface area (Å²) in [5.41, 5.74) is 1.29. The van der Waals surface area contributed by atoms with E-state index < -0.39 is 0 Å². The van der Waals surface area contributed by atoms with Crippen molar-refractivity contribution in [3.05, 3.63) is 48.3 Å². The Morgan fingerprint density at radius 3 is 2.81 bits per heavy atom. The van der Waals surface area contributed by atoms with Gasteiger partial charge in [0.05, 0.1) is 17.9 Å². The van der Waals surface area contributed by atoms with Crippen LogP contribution in [0, 0.1) is 0 Å². The van der Waals surface area contributed by atoms with Gasteiger partial charge in [0.1, 0.15) is 0 Å². The highest BCUT2D eigenvalue weighted by molar-refractivity contribution is 7.99. The lowest BCUT2D eigenvalue weighted by molar-refractivity contribution is 0.0936. The molecule has 0 spiro atoms. The minimum Gasteiger partial charge on any atom is -0.395 e. The molecule has 1 aromatic carbocycles. The Bertz CT molecular complexity index is 582. The molecule has 1 heterocycles. The first-order valence-corrected chi connectivity index (χ1v) is 7.99. The number of aliphatic hydroxyl groups is 1. The van der Waals surface area contributed by atoms with Crippen molar-refractivity contribution in [3.63, 3.8) is 0 Å². The number of thioether (sulfide) groups is 1. The van der Waals surface area contributed by atoms with E-state index in [1.165, 1.54) is 11.8 Å². The van der Waals surface area contributed by atoms with Gasteiger partial charge in [-0.25, -0.2) is 4.68 Å². The van der Waals surface area contributed by atoms with Gasteiger partial charge in [-0.2, -0.15) is 16.9 Å². The molecule has 112 valence electrons. The zero-order valence-corrected chi connectivity index (χ0v) is 12.9. The number of amides is 1. The normalized spacial score (nSPS) is 13.7. The molecule has 2 unspecified atom stereocenters. The van der Waals surface area contributed by atoms with E-state index in [1.807, 2.05) is 37.4 Å². The lowest BCUT2D eigenvalue weighted by Crippen LogP contribution is -2.41. The number of aromatic nitrogens is 2. The Kier molecular flexibility index (Phi) is 5.41. The number of benzene rings is 1. The number of hydrogen-bond acceptors (Lipinski definition) is 4. The van der Waals surface area contributed by atoms with E-state index in [2.05, 4.69) is 10.4 Å². The minimum absolute atomic E-state index is 0.0224. The first-order valence-electron chi connectivity index (χ1n) is 6.71. The van der Waals surface area contributed by atoms with Crippen LogP contribution in [0.3, 0.4) is 0 Å². The monoisotopic (exact) mass is 305 g/mol. The summed E-state index contributed by atoms with van der Waals surface area (Å²) in [5, 5.41) is 16.4. The van der Waals surface area contributed by atoms with Crippen molar-refractivity contribution in [2.24, 2.45) is 0 Å². The van der Waals surface area contributed by atoms with Gasteiger partial charge >= 0.3 is 0 Å². The molecule has 0 aliphatic heterocycles. The molecular formula is C15H19N3O2S.